The van der Waals surface area contributed by atoms with Gasteiger partial charge in [-0.1, -0.05) is 41.9 Å². The number of nitrogens with zero attached hydrogens (tertiary/aromatic N) is 3. The summed E-state index contributed by atoms with van der Waals surface area (Å²) < 4.78 is 15.6. The van der Waals surface area contributed by atoms with Gasteiger partial charge in [-0.15, -0.1) is 0 Å². The van der Waals surface area contributed by atoms with Crippen LogP contribution in [0.4, 0.5) is 0 Å². The van der Waals surface area contributed by atoms with Crippen molar-refractivity contribution in [2.24, 2.45) is 5.92 Å². The molecule has 0 fully saturated rings. The Morgan fingerprint density at radius 2 is 1.81 bits per heavy atom. The van der Waals surface area contributed by atoms with E-state index >= 15 is 0 Å². The molecule has 0 aliphatic heterocycles. The molecule has 0 radical (unpaired) electrons. The first-order valence-corrected chi connectivity index (χ1v) is 10.8. The van der Waals surface area contributed by atoms with Gasteiger partial charge in [0, 0.05) is 30.2 Å². The number of H-pyrrole nitrogens is 1. The Balaban J connectivity index is 1.91. The molecule has 0 unspecified atom stereocenters. The van der Waals surface area contributed by atoms with E-state index in [4.69, 9.17) is 9.15 Å². The van der Waals surface area contributed by atoms with Gasteiger partial charge in [-0.25, -0.2) is 9.78 Å². The standard InChI is InChI=1S/C22H23BrN4O4/c1-13(2)12-27-20-18(21(28)25-22(27)29)26(10-11-30-3)19(24-20)17-9-8-16(31-17)14-4-6-15(23)7-5-14/h4-9,13H,10-12H2,1-3H3,(H,25,28,29). The van der Waals surface area contributed by atoms with Crippen LogP contribution in [0, 0.1) is 5.92 Å². The average molecular weight is 487 g/mol. The first-order chi connectivity index (χ1) is 14.9. The van der Waals surface area contributed by atoms with Crippen molar-refractivity contribution in [3.63, 3.8) is 0 Å². The van der Waals surface area contributed by atoms with E-state index in [1.54, 1.807) is 11.7 Å². The van der Waals surface area contributed by atoms with Crippen LogP contribution in [0.2, 0.25) is 0 Å². The summed E-state index contributed by atoms with van der Waals surface area (Å²) in [6.07, 6.45) is 0. The summed E-state index contributed by atoms with van der Waals surface area (Å²) in [5.74, 6) is 1.87. The van der Waals surface area contributed by atoms with Gasteiger partial charge in [-0.3, -0.25) is 14.3 Å². The predicted molar refractivity (Wildman–Crippen MR) is 122 cm³/mol. The molecular weight excluding hydrogens is 464 g/mol. The van der Waals surface area contributed by atoms with Crippen molar-refractivity contribution in [3.8, 4) is 22.9 Å². The van der Waals surface area contributed by atoms with Gasteiger partial charge in [0.15, 0.2) is 22.7 Å². The van der Waals surface area contributed by atoms with Crippen molar-refractivity contribution in [1.82, 2.24) is 19.1 Å². The summed E-state index contributed by atoms with van der Waals surface area (Å²) in [6, 6.07) is 11.5. The number of halogens is 1. The second-order valence-corrected chi connectivity index (χ2v) is 8.60. The monoisotopic (exact) mass is 486 g/mol. The highest BCUT2D eigenvalue weighted by Gasteiger charge is 2.22. The molecule has 0 saturated heterocycles. The Bertz CT molecular complexity index is 1330. The molecular formula is C22H23BrN4O4. The topological polar surface area (TPSA) is 95.1 Å². The first kappa shape index (κ1) is 21.3. The summed E-state index contributed by atoms with van der Waals surface area (Å²) in [5, 5.41) is 0. The van der Waals surface area contributed by atoms with E-state index in [0.717, 1.165) is 10.0 Å². The number of imidazole rings is 1. The molecule has 1 N–H and O–H groups in total. The van der Waals surface area contributed by atoms with E-state index < -0.39 is 11.2 Å². The maximum Gasteiger partial charge on any atom is 0.330 e. The molecule has 3 heterocycles. The van der Waals surface area contributed by atoms with Crippen molar-refractivity contribution in [2.45, 2.75) is 26.9 Å². The SMILES string of the molecule is COCCn1c(-c2ccc(-c3ccc(Br)cc3)o2)nc2c1c(=O)[nH]c(=O)n2CC(C)C. The number of furan rings is 1. The van der Waals surface area contributed by atoms with Gasteiger partial charge in [0.25, 0.3) is 5.56 Å². The third-order valence-corrected chi connectivity index (χ3v) is 5.44. The summed E-state index contributed by atoms with van der Waals surface area (Å²) >= 11 is 3.43. The zero-order valence-corrected chi connectivity index (χ0v) is 19.1. The van der Waals surface area contributed by atoms with Crippen molar-refractivity contribution in [2.75, 3.05) is 13.7 Å². The third-order valence-electron chi connectivity index (χ3n) is 4.91. The maximum absolute atomic E-state index is 12.7. The number of ether oxygens (including phenoxy) is 1. The zero-order valence-electron chi connectivity index (χ0n) is 17.5. The Morgan fingerprint density at radius 3 is 2.48 bits per heavy atom. The lowest BCUT2D eigenvalue weighted by atomic mass is 10.2. The third kappa shape index (κ3) is 4.15. The summed E-state index contributed by atoms with van der Waals surface area (Å²) in [7, 11) is 1.59. The number of methoxy groups -OCH3 is 1. The molecule has 8 nitrogen and oxygen atoms in total. The number of fused-ring (bicyclic) bond motifs is 1. The minimum atomic E-state index is -0.477. The smallest absolute Gasteiger partial charge is 0.330 e. The Hall–Kier alpha value is -2.91. The van der Waals surface area contributed by atoms with Crippen LogP contribution in [0.15, 0.2) is 54.9 Å². The highest BCUT2D eigenvalue weighted by atomic mass is 79.9. The molecule has 0 bridgehead atoms. The van der Waals surface area contributed by atoms with E-state index in [-0.39, 0.29) is 5.92 Å². The predicted octanol–water partition coefficient (Wildman–Crippen LogP) is 3.88. The van der Waals surface area contributed by atoms with Gasteiger partial charge in [0.2, 0.25) is 0 Å². The molecule has 0 spiro atoms. The number of aromatic nitrogens is 4. The minimum absolute atomic E-state index is 0.201. The van der Waals surface area contributed by atoms with Crippen LogP contribution in [0.5, 0.6) is 0 Å². The fourth-order valence-electron chi connectivity index (χ4n) is 3.52. The van der Waals surface area contributed by atoms with Crippen LogP contribution in [0.25, 0.3) is 34.1 Å². The van der Waals surface area contributed by atoms with E-state index in [1.165, 1.54) is 4.57 Å². The molecule has 31 heavy (non-hydrogen) atoms. The lowest BCUT2D eigenvalue weighted by Crippen LogP contribution is -2.32. The number of benzene rings is 1. The lowest BCUT2D eigenvalue weighted by Gasteiger charge is -2.09. The van der Waals surface area contributed by atoms with Gasteiger partial charge in [0.05, 0.1) is 6.61 Å². The molecule has 0 aliphatic rings. The molecule has 0 amide bonds. The molecule has 0 aliphatic carbocycles. The largest absolute Gasteiger partial charge is 0.453 e. The molecule has 3 aromatic heterocycles. The lowest BCUT2D eigenvalue weighted by molar-refractivity contribution is 0.188. The summed E-state index contributed by atoms with van der Waals surface area (Å²) in [6.45, 7) is 5.21. The Morgan fingerprint density at radius 1 is 1.10 bits per heavy atom. The van der Waals surface area contributed by atoms with Crippen LogP contribution in [-0.2, 0) is 17.8 Å². The van der Waals surface area contributed by atoms with E-state index in [2.05, 4.69) is 25.9 Å². The maximum atomic E-state index is 12.7. The highest BCUT2D eigenvalue weighted by Crippen LogP contribution is 2.30. The number of aromatic amines is 1. The van der Waals surface area contributed by atoms with Gasteiger partial charge < -0.3 is 13.7 Å². The quantitative estimate of drug-likeness (QED) is 0.427. The fourth-order valence-corrected chi connectivity index (χ4v) is 3.79. The van der Waals surface area contributed by atoms with Crippen LogP contribution >= 0.6 is 15.9 Å². The van der Waals surface area contributed by atoms with Crippen LogP contribution < -0.4 is 11.2 Å². The molecule has 1 aromatic carbocycles. The Labute approximate surface area is 186 Å². The molecule has 0 atom stereocenters. The first-order valence-electron chi connectivity index (χ1n) is 9.97. The minimum Gasteiger partial charge on any atom is -0.453 e. The molecule has 4 aromatic rings. The molecule has 4 rings (SSSR count). The van der Waals surface area contributed by atoms with E-state index in [9.17, 15) is 9.59 Å². The van der Waals surface area contributed by atoms with Crippen molar-refractivity contribution < 1.29 is 9.15 Å². The molecule has 162 valence electrons. The second kappa shape index (κ2) is 8.68. The van der Waals surface area contributed by atoms with Crippen molar-refractivity contribution >= 4 is 27.1 Å². The fraction of sp³-hybridized carbons (Fsp3) is 0.318. The van der Waals surface area contributed by atoms with Crippen molar-refractivity contribution in [3.05, 3.63) is 61.7 Å². The van der Waals surface area contributed by atoms with Gasteiger partial charge in [0.1, 0.15) is 5.76 Å². The van der Waals surface area contributed by atoms with Gasteiger partial charge in [-0.2, -0.15) is 0 Å². The number of rotatable bonds is 7. The van der Waals surface area contributed by atoms with Gasteiger partial charge in [-0.05, 0) is 30.2 Å². The number of hydrogen-bond donors (Lipinski definition) is 1. The van der Waals surface area contributed by atoms with E-state index in [1.807, 2.05) is 50.2 Å². The van der Waals surface area contributed by atoms with Crippen molar-refractivity contribution in [1.29, 1.82) is 0 Å². The van der Waals surface area contributed by atoms with Crippen LogP contribution in [0.3, 0.4) is 0 Å². The Kier molecular flexibility index (Phi) is 5.97. The number of hydrogen-bond acceptors (Lipinski definition) is 5. The zero-order chi connectivity index (χ0) is 22.1. The summed E-state index contributed by atoms with van der Waals surface area (Å²) in [4.78, 5) is 32.3. The van der Waals surface area contributed by atoms with E-state index in [0.29, 0.717) is 48.2 Å². The van der Waals surface area contributed by atoms with Gasteiger partial charge >= 0.3 is 5.69 Å². The second-order valence-electron chi connectivity index (χ2n) is 7.69. The molecule has 0 saturated carbocycles. The number of nitrogens with one attached hydrogen (secondary N) is 1. The normalized spacial score (nSPS) is 11.6. The molecule has 9 heteroatoms. The van der Waals surface area contributed by atoms with Crippen LogP contribution in [0.1, 0.15) is 13.8 Å². The summed E-state index contributed by atoms with van der Waals surface area (Å²) in [5.41, 5.74) is 0.645. The van der Waals surface area contributed by atoms with Crippen LogP contribution in [-0.4, -0.2) is 32.8 Å². The average Bonchev–Trinajstić information content (AvgIpc) is 3.35. The highest BCUT2D eigenvalue weighted by molar-refractivity contribution is 9.10.